The number of carbonyl (C=O) groups is 1. The van der Waals surface area contributed by atoms with Crippen LogP contribution in [0.2, 0.25) is 0 Å². The van der Waals surface area contributed by atoms with Gasteiger partial charge in [0.05, 0.1) is 18.1 Å². The number of methoxy groups -OCH3 is 1. The molecule has 3 heterocycles. The molecule has 0 amide bonds. The molecule has 1 N–H and O–H groups in total. The van der Waals surface area contributed by atoms with Gasteiger partial charge in [-0.05, 0) is 108 Å². The minimum Gasteiger partial charge on any atom is -0.465 e. The van der Waals surface area contributed by atoms with E-state index in [2.05, 4.69) is 212 Å². The molecule has 3 aromatic heterocycles. The van der Waals surface area contributed by atoms with Crippen molar-refractivity contribution in [2.45, 2.75) is 11.0 Å². The van der Waals surface area contributed by atoms with Gasteiger partial charge < -0.3 is 23.1 Å². The fourth-order valence-electron chi connectivity index (χ4n) is 16.1. The number of ether oxygens (including phenoxy) is 1. The summed E-state index contributed by atoms with van der Waals surface area (Å²) in [6, 6.07) is 114. The topological polar surface area (TPSA) is 86.0 Å². The standard InChI is InChI=1S/C35H23BrO2.C35H21BrO.C24H15BrO3/c36-31-22-30(35(37,23-12-3-1-4-13-23)24-14-5-2-6-15-24)33(27-18-8-7-16-25(27)31)29-20-11-19-28-26-17-9-10-21-32(26)38-34(28)29;36-30-21-29-32(26-17-8-7-15-24(26)30)33-28(20-19-27-25-16-9-10-18-31(25)37-34(27)33)35(29,22-11-3-1-4-12-22)23-13-5-2-6-14-23;1-27-24(26)19-13-20(25)14-7-2-3-9-16(14)22(19)18-11-6-10-17-15-8-4-5-12-21(15)28-23(17)18/h1-22,37H;1-21H;2-13H,1H3. The predicted octanol–water partition coefficient (Wildman–Crippen LogP) is 26.3. The minimum absolute atomic E-state index is 0.380. The molecule has 9 heteroatoms. The van der Waals surface area contributed by atoms with Crippen molar-refractivity contribution in [1.82, 2.24) is 0 Å². The molecule has 0 bridgehead atoms. The Hall–Kier alpha value is -11.4. The average molecular weight is 1520 g/mol. The van der Waals surface area contributed by atoms with Crippen LogP contribution in [-0.2, 0) is 15.8 Å². The first-order chi connectivity index (χ1) is 50.6. The Morgan fingerprint density at radius 2 is 0.689 bits per heavy atom. The molecule has 6 nitrogen and oxygen atoms in total. The zero-order valence-electron chi connectivity index (χ0n) is 55.4. The van der Waals surface area contributed by atoms with Gasteiger partial charge in [0, 0.05) is 79.1 Å². The summed E-state index contributed by atoms with van der Waals surface area (Å²) < 4.78 is 27.4. The van der Waals surface area contributed by atoms with Crippen molar-refractivity contribution in [1.29, 1.82) is 0 Å². The highest BCUT2D eigenvalue weighted by Crippen LogP contribution is 2.61. The van der Waals surface area contributed by atoms with E-state index in [0.717, 1.165) is 140 Å². The van der Waals surface area contributed by atoms with Gasteiger partial charge >= 0.3 is 5.97 Å². The summed E-state index contributed by atoms with van der Waals surface area (Å²) in [7, 11) is 1.40. The molecule has 103 heavy (non-hydrogen) atoms. The Morgan fingerprint density at radius 1 is 0.330 bits per heavy atom. The second-order valence-corrected chi connectivity index (χ2v) is 28.5. The third kappa shape index (κ3) is 10.2. The van der Waals surface area contributed by atoms with Gasteiger partial charge in [-0.2, -0.15) is 0 Å². The highest BCUT2D eigenvalue weighted by molar-refractivity contribution is 9.11. The Kier molecular flexibility index (Phi) is 16.0. The molecule has 0 spiro atoms. The van der Waals surface area contributed by atoms with Crippen LogP contribution < -0.4 is 0 Å². The van der Waals surface area contributed by atoms with Gasteiger partial charge in [-0.25, -0.2) is 4.79 Å². The number of para-hydroxylation sites is 5. The van der Waals surface area contributed by atoms with Crippen LogP contribution in [0.15, 0.2) is 360 Å². The van der Waals surface area contributed by atoms with E-state index in [1.54, 1.807) is 0 Å². The largest absolute Gasteiger partial charge is 0.465 e. The Labute approximate surface area is 618 Å². The zero-order valence-corrected chi connectivity index (χ0v) is 60.1. The lowest BCUT2D eigenvalue weighted by atomic mass is 9.67. The average Bonchev–Trinajstić information content (AvgIpc) is 1.51. The van der Waals surface area contributed by atoms with Crippen molar-refractivity contribution in [2.75, 3.05) is 7.11 Å². The molecular formula is C94H59Br3O6. The smallest absolute Gasteiger partial charge is 0.338 e. The summed E-state index contributed by atoms with van der Waals surface area (Å²) in [4.78, 5) is 12.6. The van der Waals surface area contributed by atoms with E-state index in [0.29, 0.717) is 5.56 Å². The maximum atomic E-state index is 12.9. The number of furan rings is 3. The molecule has 0 atom stereocenters. The molecule has 1 aliphatic carbocycles. The zero-order chi connectivity index (χ0) is 69.5. The van der Waals surface area contributed by atoms with Crippen molar-refractivity contribution in [3.8, 4) is 33.4 Å². The molecule has 0 saturated heterocycles. The number of benzene rings is 16. The third-order valence-corrected chi connectivity index (χ3v) is 22.5. The molecule has 19 aromatic rings. The van der Waals surface area contributed by atoms with Crippen LogP contribution in [0, 0.1) is 0 Å². The molecule has 0 fully saturated rings. The van der Waals surface area contributed by atoms with E-state index in [-0.39, 0.29) is 5.97 Å². The van der Waals surface area contributed by atoms with E-state index >= 15 is 0 Å². The monoisotopic (exact) mass is 1520 g/mol. The Bertz CT molecular complexity index is 6480. The Balaban J connectivity index is 0.000000112. The summed E-state index contributed by atoms with van der Waals surface area (Å²) in [5, 5.41) is 26.0. The van der Waals surface area contributed by atoms with Crippen molar-refractivity contribution in [3.05, 3.63) is 392 Å². The number of hydrogen-bond acceptors (Lipinski definition) is 6. The molecule has 0 radical (unpaired) electrons. The Morgan fingerprint density at radius 3 is 1.17 bits per heavy atom. The van der Waals surface area contributed by atoms with Gasteiger partial charge in [0.1, 0.15) is 39.1 Å². The number of carbonyl (C=O) groups excluding carboxylic acids is 1. The van der Waals surface area contributed by atoms with E-state index < -0.39 is 11.0 Å². The van der Waals surface area contributed by atoms with E-state index in [1.807, 2.05) is 170 Å². The number of esters is 1. The van der Waals surface area contributed by atoms with Gasteiger partial charge in [0.15, 0.2) is 0 Å². The van der Waals surface area contributed by atoms with Gasteiger partial charge in [-0.1, -0.05) is 345 Å². The van der Waals surface area contributed by atoms with E-state index in [4.69, 9.17) is 18.0 Å². The first-order valence-electron chi connectivity index (χ1n) is 34.1. The van der Waals surface area contributed by atoms with Crippen LogP contribution in [0.5, 0.6) is 0 Å². The normalized spacial score (nSPS) is 12.4. The number of hydrogen-bond donors (Lipinski definition) is 1. The predicted molar refractivity (Wildman–Crippen MR) is 431 cm³/mol. The first kappa shape index (κ1) is 63.7. The van der Waals surface area contributed by atoms with Gasteiger partial charge in [0.25, 0.3) is 0 Å². The SMILES string of the molecule is Brc1cc2c(c3ccccc13)-c1c(ccc3c1oc1ccccc13)C2(c1ccccc1)c1ccccc1.COC(=O)c1cc(Br)c2ccccc2c1-c1cccc2c1oc1ccccc12.OC(c1ccccc1)(c1ccccc1)c1cc(Br)c2ccccc2c1-c1cccc2c1oc1ccccc12. The van der Waals surface area contributed by atoms with Gasteiger partial charge in [-0.3, -0.25) is 0 Å². The molecule has 16 aromatic carbocycles. The van der Waals surface area contributed by atoms with Crippen molar-refractivity contribution in [3.63, 3.8) is 0 Å². The summed E-state index contributed by atoms with van der Waals surface area (Å²) >= 11 is 11.4. The lowest BCUT2D eigenvalue weighted by Crippen LogP contribution is -2.29. The first-order valence-corrected chi connectivity index (χ1v) is 36.4. The number of halogens is 3. The lowest BCUT2D eigenvalue weighted by molar-refractivity contribution is 0.0601. The summed E-state index contributed by atoms with van der Waals surface area (Å²) in [6.45, 7) is 0. The molecule has 0 aliphatic heterocycles. The van der Waals surface area contributed by atoms with Crippen LogP contribution in [0.1, 0.15) is 49.3 Å². The number of fused-ring (bicyclic) bond motifs is 17. The summed E-state index contributed by atoms with van der Waals surface area (Å²) in [5.74, 6) is -0.380. The fraction of sp³-hybridized carbons (Fsp3) is 0.0319. The van der Waals surface area contributed by atoms with Crippen LogP contribution in [0.3, 0.4) is 0 Å². The van der Waals surface area contributed by atoms with Gasteiger partial charge in [0.2, 0.25) is 0 Å². The van der Waals surface area contributed by atoms with Crippen molar-refractivity contribution in [2.24, 2.45) is 0 Å². The molecule has 20 rings (SSSR count). The van der Waals surface area contributed by atoms with E-state index in [1.165, 1.54) is 51.3 Å². The van der Waals surface area contributed by atoms with Crippen molar-refractivity contribution < 1.29 is 27.9 Å². The number of rotatable bonds is 8. The molecule has 1 aliphatic rings. The van der Waals surface area contributed by atoms with Crippen LogP contribution in [-0.4, -0.2) is 18.2 Å². The van der Waals surface area contributed by atoms with Crippen LogP contribution >= 0.6 is 47.8 Å². The molecule has 0 saturated carbocycles. The summed E-state index contributed by atoms with van der Waals surface area (Å²) in [6.07, 6.45) is 0. The minimum atomic E-state index is -1.42. The number of aliphatic hydroxyl groups is 1. The van der Waals surface area contributed by atoms with Crippen molar-refractivity contribution >= 4 is 152 Å². The molecular weight excluding hydrogens is 1460 g/mol. The lowest BCUT2D eigenvalue weighted by Gasteiger charge is -2.34. The highest BCUT2D eigenvalue weighted by Gasteiger charge is 2.48. The van der Waals surface area contributed by atoms with Crippen LogP contribution in [0.4, 0.5) is 0 Å². The maximum absolute atomic E-state index is 12.9. The highest BCUT2D eigenvalue weighted by atomic mass is 79.9. The second kappa shape index (κ2) is 25.9. The quantitative estimate of drug-likeness (QED) is 0.121. The maximum Gasteiger partial charge on any atom is 0.338 e. The summed E-state index contributed by atoms with van der Waals surface area (Å²) in [5.41, 5.74) is 17.2. The fourth-order valence-corrected chi connectivity index (χ4v) is 17.8. The van der Waals surface area contributed by atoms with E-state index in [9.17, 15) is 9.90 Å². The molecule has 492 valence electrons. The third-order valence-electron chi connectivity index (χ3n) is 20.5. The van der Waals surface area contributed by atoms with Gasteiger partial charge in [-0.15, -0.1) is 0 Å². The second-order valence-electron chi connectivity index (χ2n) is 25.9. The molecule has 0 unspecified atom stereocenters. The van der Waals surface area contributed by atoms with Crippen LogP contribution in [0.25, 0.3) is 132 Å².